The van der Waals surface area contributed by atoms with E-state index in [9.17, 15) is 0 Å². The van der Waals surface area contributed by atoms with Crippen LogP contribution in [0.1, 0.15) is 13.3 Å². The predicted octanol–water partition coefficient (Wildman–Crippen LogP) is 1.88. The van der Waals surface area contributed by atoms with Crippen LogP contribution in [0.4, 0.5) is 11.4 Å². The molecule has 1 aromatic carbocycles. The first-order chi connectivity index (χ1) is 9.19. The highest BCUT2D eigenvalue weighted by Crippen LogP contribution is 2.27. The molecule has 0 bridgehead atoms. The molecule has 2 rings (SSSR count). The largest absolute Gasteiger partial charge is 0.492 e. The fraction of sp³-hybridized carbons (Fsp3) is 0.571. The molecule has 0 amide bonds. The Labute approximate surface area is 114 Å². The number of benzene rings is 1. The average molecular weight is 266 g/mol. The lowest BCUT2D eigenvalue weighted by atomic mass is 10.0. The summed E-state index contributed by atoms with van der Waals surface area (Å²) in [5.41, 5.74) is 7.24. The van der Waals surface area contributed by atoms with Crippen molar-refractivity contribution in [2.24, 2.45) is 0 Å². The summed E-state index contributed by atoms with van der Waals surface area (Å²) >= 11 is 0. The molecule has 3 N–H and O–H groups in total. The average Bonchev–Trinajstić information content (AvgIpc) is 2.89. The zero-order chi connectivity index (χ0) is 13.7. The molecular formula is C14H22N2O3. The third-order valence-electron chi connectivity index (χ3n) is 3.43. The molecule has 1 unspecified atom stereocenters. The zero-order valence-corrected chi connectivity index (χ0v) is 11.6. The molecule has 1 aliphatic heterocycles. The third-order valence-corrected chi connectivity index (χ3v) is 3.43. The van der Waals surface area contributed by atoms with Crippen LogP contribution in [0.15, 0.2) is 18.2 Å². The van der Waals surface area contributed by atoms with Crippen LogP contribution in [0.5, 0.6) is 5.75 Å². The van der Waals surface area contributed by atoms with E-state index < -0.39 is 0 Å². The van der Waals surface area contributed by atoms with Crippen molar-refractivity contribution in [3.05, 3.63) is 18.2 Å². The van der Waals surface area contributed by atoms with E-state index in [0.29, 0.717) is 31.2 Å². The van der Waals surface area contributed by atoms with Gasteiger partial charge in [-0.25, -0.2) is 0 Å². The van der Waals surface area contributed by atoms with Gasteiger partial charge in [0, 0.05) is 38.4 Å². The summed E-state index contributed by atoms with van der Waals surface area (Å²) in [5, 5.41) is 3.36. The number of rotatable bonds is 6. The molecule has 1 saturated heterocycles. The van der Waals surface area contributed by atoms with E-state index in [1.165, 1.54) is 0 Å². The summed E-state index contributed by atoms with van der Waals surface area (Å²) in [6.45, 7) is 4.63. The molecule has 1 aliphatic rings. The second-order valence-corrected chi connectivity index (χ2v) is 4.73. The van der Waals surface area contributed by atoms with Gasteiger partial charge < -0.3 is 25.3 Å². The molecule has 1 aromatic rings. The van der Waals surface area contributed by atoms with E-state index in [2.05, 4.69) is 5.32 Å². The Hall–Kier alpha value is -1.46. The predicted molar refractivity (Wildman–Crippen MR) is 75.7 cm³/mol. The molecule has 0 saturated carbocycles. The number of anilines is 2. The Balaban J connectivity index is 2.01. The van der Waals surface area contributed by atoms with E-state index in [1.54, 1.807) is 7.11 Å². The van der Waals surface area contributed by atoms with Gasteiger partial charge in [0.15, 0.2) is 0 Å². The topological polar surface area (TPSA) is 65.7 Å². The first kappa shape index (κ1) is 14.0. The maximum Gasteiger partial charge on any atom is 0.144 e. The van der Waals surface area contributed by atoms with Crippen molar-refractivity contribution in [3.8, 4) is 5.75 Å². The lowest BCUT2D eigenvalue weighted by Gasteiger charge is -2.26. The Morgan fingerprint density at radius 2 is 2.32 bits per heavy atom. The molecule has 5 heteroatoms. The van der Waals surface area contributed by atoms with Gasteiger partial charge in [0.25, 0.3) is 0 Å². The summed E-state index contributed by atoms with van der Waals surface area (Å²) < 4.78 is 16.5. The molecule has 1 atom stereocenters. The lowest BCUT2D eigenvalue weighted by Crippen LogP contribution is -2.39. The van der Waals surface area contributed by atoms with Crippen molar-refractivity contribution in [1.29, 1.82) is 0 Å². The number of hydrogen-bond donors (Lipinski definition) is 2. The van der Waals surface area contributed by atoms with Crippen LogP contribution >= 0.6 is 0 Å². The van der Waals surface area contributed by atoms with Crippen molar-refractivity contribution in [2.75, 3.05) is 44.5 Å². The van der Waals surface area contributed by atoms with Crippen LogP contribution in [-0.4, -0.2) is 39.1 Å². The summed E-state index contributed by atoms with van der Waals surface area (Å²) in [4.78, 5) is 0. The monoisotopic (exact) mass is 266 g/mol. The molecule has 106 valence electrons. The molecule has 1 heterocycles. The van der Waals surface area contributed by atoms with E-state index >= 15 is 0 Å². The molecule has 1 fully saturated rings. The Kier molecular flexibility index (Phi) is 4.50. The number of methoxy groups -OCH3 is 1. The third kappa shape index (κ3) is 3.30. The Morgan fingerprint density at radius 1 is 1.47 bits per heavy atom. The first-order valence-corrected chi connectivity index (χ1v) is 6.58. The number of hydrogen-bond acceptors (Lipinski definition) is 5. The zero-order valence-electron chi connectivity index (χ0n) is 11.6. The highest BCUT2D eigenvalue weighted by Gasteiger charge is 2.34. The van der Waals surface area contributed by atoms with Gasteiger partial charge in [-0.2, -0.15) is 0 Å². The van der Waals surface area contributed by atoms with Gasteiger partial charge in [-0.3, -0.25) is 0 Å². The smallest absolute Gasteiger partial charge is 0.144 e. The van der Waals surface area contributed by atoms with E-state index in [0.717, 1.165) is 18.7 Å². The van der Waals surface area contributed by atoms with Gasteiger partial charge in [0.2, 0.25) is 0 Å². The van der Waals surface area contributed by atoms with Gasteiger partial charge in [-0.15, -0.1) is 0 Å². The maximum atomic E-state index is 5.85. The summed E-state index contributed by atoms with van der Waals surface area (Å²) in [6.07, 6.45) is 0.907. The second kappa shape index (κ2) is 6.12. The molecular weight excluding hydrogens is 244 g/mol. The minimum atomic E-state index is -0.229. The van der Waals surface area contributed by atoms with E-state index in [-0.39, 0.29) is 5.60 Å². The van der Waals surface area contributed by atoms with Crippen molar-refractivity contribution in [2.45, 2.75) is 18.9 Å². The van der Waals surface area contributed by atoms with Crippen LogP contribution in [0.25, 0.3) is 0 Å². The van der Waals surface area contributed by atoms with Crippen LogP contribution in [0, 0.1) is 0 Å². The normalized spacial score (nSPS) is 22.4. The highest BCUT2D eigenvalue weighted by molar-refractivity contribution is 5.61. The Morgan fingerprint density at radius 3 is 2.95 bits per heavy atom. The molecule has 0 aromatic heterocycles. The van der Waals surface area contributed by atoms with Crippen molar-refractivity contribution >= 4 is 11.4 Å². The number of nitrogens with two attached hydrogens (primary N) is 1. The van der Waals surface area contributed by atoms with Gasteiger partial charge in [0.1, 0.15) is 11.4 Å². The minimum Gasteiger partial charge on any atom is -0.492 e. The quantitative estimate of drug-likeness (QED) is 0.770. The van der Waals surface area contributed by atoms with Crippen molar-refractivity contribution in [3.63, 3.8) is 0 Å². The molecule has 5 nitrogen and oxygen atoms in total. The number of ether oxygens (including phenoxy) is 3. The van der Waals surface area contributed by atoms with E-state index in [4.69, 9.17) is 19.9 Å². The van der Waals surface area contributed by atoms with Crippen molar-refractivity contribution < 1.29 is 14.2 Å². The summed E-state index contributed by atoms with van der Waals surface area (Å²) in [7, 11) is 1.73. The summed E-state index contributed by atoms with van der Waals surface area (Å²) in [5.74, 6) is 0.710. The fourth-order valence-electron chi connectivity index (χ4n) is 2.15. The van der Waals surface area contributed by atoms with Crippen LogP contribution in [0.3, 0.4) is 0 Å². The second-order valence-electron chi connectivity index (χ2n) is 4.73. The standard InChI is InChI=1S/C14H22N2O3/c1-3-19-13-8-11(4-5-12(13)15)16-9-14(17-2)6-7-18-10-14/h4-5,8,16H,3,6-7,9-10,15H2,1-2H3. The summed E-state index contributed by atoms with van der Waals surface area (Å²) in [6, 6.07) is 5.70. The lowest BCUT2D eigenvalue weighted by molar-refractivity contribution is -0.00620. The van der Waals surface area contributed by atoms with Crippen LogP contribution in [0.2, 0.25) is 0 Å². The maximum absolute atomic E-state index is 5.85. The number of nitrogen functional groups attached to an aromatic ring is 1. The van der Waals surface area contributed by atoms with Crippen LogP contribution in [-0.2, 0) is 9.47 Å². The molecule has 0 spiro atoms. The molecule has 0 radical (unpaired) electrons. The van der Waals surface area contributed by atoms with Gasteiger partial charge in [-0.05, 0) is 19.1 Å². The van der Waals surface area contributed by atoms with Crippen molar-refractivity contribution in [1.82, 2.24) is 0 Å². The fourth-order valence-corrected chi connectivity index (χ4v) is 2.15. The molecule has 19 heavy (non-hydrogen) atoms. The van der Waals surface area contributed by atoms with Gasteiger partial charge >= 0.3 is 0 Å². The highest BCUT2D eigenvalue weighted by atomic mass is 16.5. The van der Waals surface area contributed by atoms with Gasteiger partial charge in [-0.1, -0.05) is 0 Å². The molecule has 0 aliphatic carbocycles. The first-order valence-electron chi connectivity index (χ1n) is 6.58. The van der Waals surface area contributed by atoms with E-state index in [1.807, 2.05) is 25.1 Å². The Bertz CT molecular complexity index is 417. The van der Waals surface area contributed by atoms with Gasteiger partial charge in [0.05, 0.1) is 18.9 Å². The van der Waals surface area contributed by atoms with Crippen LogP contribution < -0.4 is 15.8 Å². The SMILES string of the molecule is CCOc1cc(NCC2(OC)CCOC2)ccc1N. The minimum absolute atomic E-state index is 0.229. The number of nitrogens with one attached hydrogen (secondary N) is 1.